The standard InChI is InChI=1S/C29H33ClN4O4/c1-3-5-14-32(15-6-4-2)28(36)26-24(30)19-34(31-26)25-12-11-21(29(37)38)17-23(25)27(35)33-16-13-20-9-7-8-10-22(20)18-33/h7-12,17,19H,3-6,13-16,18H2,1-2H3,(H,37,38). The Kier molecular flexibility index (Phi) is 8.84. The molecule has 0 bridgehead atoms. The third kappa shape index (κ3) is 5.91. The number of carboxylic acid groups (broad SMARTS) is 1. The molecule has 1 N–H and O–H groups in total. The number of nitrogens with zero attached hydrogens (tertiary/aromatic N) is 4. The topological polar surface area (TPSA) is 95.7 Å². The maximum atomic E-state index is 13.7. The van der Waals surface area contributed by atoms with Crippen molar-refractivity contribution >= 4 is 29.4 Å². The summed E-state index contributed by atoms with van der Waals surface area (Å²) in [7, 11) is 0. The minimum absolute atomic E-state index is 0.00521. The van der Waals surface area contributed by atoms with Crippen molar-refractivity contribution in [1.29, 1.82) is 0 Å². The fourth-order valence-electron chi connectivity index (χ4n) is 4.66. The zero-order valence-electron chi connectivity index (χ0n) is 21.8. The maximum absolute atomic E-state index is 13.7. The van der Waals surface area contributed by atoms with Crippen LogP contribution in [0.1, 0.15) is 81.9 Å². The zero-order valence-corrected chi connectivity index (χ0v) is 22.6. The number of carboxylic acids is 1. The third-order valence-electron chi connectivity index (χ3n) is 6.86. The van der Waals surface area contributed by atoms with Gasteiger partial charge in [0.15, 0.2) is 5.69 Å². The Balaban J connectivity index is 1.69. The van der Waals surface area contributed by atoms with Crippen LogP contribution in [0, 0.1) is 0 Å². The molecular weight excluding hydrogens is 504 g/mol. The SMILES string of the molecule is CCCCN(CCCC)C(=O)c1nn(-c2ccc(C(=O)O)cc2C(=O)N2CCc3ccccc3C2)cc1Cl. The highest BCUT2D eigenvalue weighted by molar-refractivity contribution is 6.33. The van der Waals surface area contributed by atoms with Gasteiger partial charge in [-0.25, -0.2) is 9.48 Å². The summed E-state index contributed by atoms with van der Waals surface area (Å²) in [5.41, 5.74) is 2.94. The number of hydrogen-bond donors (Lipinski definition) is 1. The van der Waals surface area contributed by atoms with Gasteiger partial charge in [-0.3, -0.25) is 9.59 Å². The first-order valence-electron chi connectivity index (χ1n) is 13.1. The highest BCUT2D eigenvalue weighted by Crippen LogP contribution is 2.26. The minimum atomic E-state index is -1.13. The van der Waals surface area contributed by atoms with E-state index in [9.17, 15) is 19.5 Å². The van der Waals surface area contributed by atoms with Crippen molar-refractivity contribution in [2.45, 2.75) is 52.5 Å². The molecule has 4 rings (SSSR count). The molecular formula is C29H33ClN4O4. The average Bonchev–Trinajstić information content (AvgIpc) is 3.32. The van der Waals surface area contributed by atoms with Gasteiger partial charge in [-0.15, -0.1) is 0 Å². The molecule has 0 fully saturated rings. The predicted molar refractivity (Wildman–Crippen MR) is 146 cm³/mol. The molecule has 0 aliphatic carbocycles. The van der Waals surface area contributed by atoms with Crippen LogP contribution in [0.4, 0.5) is 0 Å². The molecule has 0 saturated carbocycles. The average molecular weight is 537 g/mol. The van der Waals surface area contributed by atoms with Gasteiger partial charge in [0.25, 0.3) is 11.8 Å². The maximum Gasteiger partial charge on any atom is 0.335 e. The Labute approximate surface area is 227 Å². The molecule has 8 nitrogen and oxygen atoms in total. The summed E-state index contributed by atoms with van der Waals surface area (Å²) < 4.78 is 1.41. The van der Waals surface area contributed by atoms with Crippen LogP contribution in [-0.2, 0) is 13.0 Å². The van der Waals surface area contributed by atoms with E-state index >= 15 is 0 Å². The van der Waals surface area contributed by atoms with Gasteiger partial charge in [0.05, 0.1) is 28.0 Å². The van der Waals surface area contributed by atoms with Crippen LogP contribution in [0.3, 0.4) is 0 Å². The van der Waals surface area contributed by atoms with E-state index in [-0.39, 0.29) is 33.7 Å². The molecule has 3 aromatic rings. The number of carbonyl (C=O) groups is 3. The number of amides is 2. The van der Waals surface area contributed by atoms with Crippen LogP contribution in [0.2, 0.25) is 5.02 Å². The molecule has 1 aliphatic heterocycles. The molecule has 9 heteroatoms. The van der Waals surface area contributed by atoms with Gasteiger partial charge in [0.1, 0.15) is 0 Å². The third-order valence-corrected chi connectivity index (χ3v) is 7.14. The normalized spacial score (nSPS) is 12.8. The summed E-state index contributed by atoms with van der Waals surface area (Å²) in [6.45, 7) is 6.33. The van der Waals surface area contributed by atoms with E-state index in [1.54, 1.807) is 9.80 Å². The molecule has 2 amide bonds. The first-order chi connectivity index (χ1) is 18.3. The second-order valence-corrected chi connectivity index (χ2v) is 9.96. The molecule has 1 aliphatic rings. The highest BCUT2D eigenvalue weighted by Gasteiger charge is 2.27. The van der Waals surface area contributed by atoms with Crippen LogP contribution in [0.15, 0.2) is 48.7 Å². The number of aromatic carboxylic acids is 1. The van der Waals surface area contributed by atoms with E-state index in [1.165, 1.54) is 34.6 Å². The van der Waals surface area contributed by atoms with Crippen molar-refractivity contribution in [3.63, 3.8) is 0 Å². The smallest absolute Gasteiger partial charge is 0.335 e. The summed E-state index contributed by atoms with van der Waals surface area (Å²) in [5.74, 6) is -1.69. The van der Waals surface area contributed by atoms with Crippen molar-refractivity contribution in [3.05, 3.63) is 81.6 Å². The molecule has 2 aromatic carbocycles. The quantitative estimate of drug-likeness (QED) is 0.371. The molecule has 0 atom stereocenters. The summed E-state index contributed by atoms with van der Waals surface area (Å²) in [4.78, 5) is 42.3. The lowest BCUT2D eigenvalue weighted by atomic mass is 9.98. The summed E-state index contributed by atoms with van der Waals surface area (Å²) in [5, 5.41) is 14.3. The van der Waals surface area contributed by atoms with Gasteiger partial charge in [0.2, 0.25) is 0 Å². The fraction of sp³-hybridized carbons (Fsp3) is 0.379. The van der Waals surface area contributed by atoms with Gasteiger partial charge in [-0.1, -0.05) is 62.6 Å². The van der Waals surface area contributed by atoms with Crippen LogP contribution >= 0.6 is 11.6 Å². The summed E-state index contributed by atoms with van der Waals surface area (Å²) in [6, 6.07) is 12.3. The molecule has 0 radical (unpaired) electrons. The Hall–Kier alpha value is -3.65. The number of fused-ring (bicyclic) bond motifs is 1. The van der Waals surface area contributed by atoms with E-state index in [0.29, 0.717) is 38.3 Å². The largest absolute Gasteiger partial charge is 0.478 e. The zero-order chi connectivity index (χ0) is 27.2. The van der Waals surface area contributed by atoms with Crippen molar-refractivity contribution in [2.75, 3.05) is 19.6 Å². The molecule has 38 heavy (non-hydrogen) atoms. The van der Waals surface area contributed by atoms with Crippen LogP contribution in [0.25, 0.3) is 5.69 Å². The first-order valence-corrected chi connectivity index (χ1v) is 13.5. The first kappa shape index (κ1) is 27.4. The predicted octanol–water partition coefficient (Wildman–Crippen LogP) is 5.46. The second-order valence-electron chi connectivity index (χ2n) is 9.55. The van der Waals surface area contributed by atoms with E-state index in [1.807, 2.05) is 18.2 Å². The molecule has 2 heterocycles. The van der Waals surface area contributed by atoms with E-state index in [2.05, 4.69) is 25.0 Å². The van der Waals surface area contributed by atoms with Crippen molar-refractivity contribution in [2.24, 2.45) is 0 Å². The Morgan fingerprint density at radius 2 is 1.71 bits per heavy atom. The second kappa shape index (κ2) is 12.3. The van der Waals surface area contributed by atoms with E-state index in [4.69, 9.17) is 11.6 Å². The lowest BCUT2D eigenvalue weighted by molar-refractivity contribution is 0.0695. The van der Waals surface area contributed by atoms with Crippen LogP contribution < -0.4 is 0 Å². The highest BCUT2D eigenvalue weighted by atomic mass is 35.5. The summed E-state index contributed by atoms with van der Waals surface area (Å²) >= 11 is 6.50. The monoisotopic (exact) mass is 536 g/mol. The van der Waals surface area contributed by atoms with E-state index < -0.39 is 5.97 Å². The van der Waals surface area contributed by atoms with Gasteiger partial charge in [-0.05, 0) is 48.6 Å². The van der Waals surface area contributed by atoms with Crippen LogP contribution in [0.5, 0.6) is 0 Å². The fourth-order valence-corrected chi connectivity index (χ4v) is 4.87. The Bertz CT molecular complexity index is 1330. The van der Waals surface area contributed by atoms with Gasteiger partial charge in [0, 0.05) is 26.2 Å². The molecule has 200 valence electrons. The van der Waals surface area contributed by atoms with Crippen molar-refractivity contribution < 1.29 is 19.5 Å². The minimum Gasteiger partial charge on any atom is -0.478 e. The van der Waals surface area contributed by atoms with Gasteiger partial charge < -0.3 is 14.9 Å². The number of benzene rings is 2. The van der Waals surface area contributed by atoms with E-state index in [0.717, 1.165) is 31.2 Å². The number of rotatable bonds is 10. The number of halogens is 1. The van der Waals surface area contributed by atoms with Crippen LogP contribution in [-0.4, -0.2) is 62.1 Å². The van der Waals surface area contributed by atoms with Crippen molar-refractivity contribution in [1.82, 2.24) is 19.6 Å². The lowest BCUT2D eigenvalue weighted by Gasteiger charge is -2.29. The molecule has 0 unspecified atom stereocenters. The summed E-state index contributed by atoms with van der Waals surface area (Å²) in [6.07, 6.45) is 5.89. The molecule has 0 spiro atoms. The molecule has 1 aromatic heterocycles. The lowest BCUT2D eigenvalue weighted by Crippen LogP contribution is -2.36. The molecule has 0 saturated heterocycles. The van der Waals surface area contributed by atoms with Crippen molar-refractivity contribution in [3.8, 4) is 5.69 Å². The number of hydrogen-bond acceptors (Lipinski definition) is 4. The number of unbranched alkanes of at least 4 members (excludes halogenated alkanes) is 2. The Morgan fingerprint density at radius 1 is 1.03 bits per heavy atom. The van der Waals surface area contributed by atoms with Gasteiger partial charge >= 0.3 is 5.97 Å². The number of aromatic nitrogens is 2. The van der Waals surface area contributed by atoms with Gasteiger partial charge in [-0.2, -0.15) is 5.10 Å². The Morgan fingerprint density at radius 3 is 2.37 bits per heavy atom. The number of carbonyl (C=O) groups excluding carboxylic acids is 2.